The third-order valence-corrected chi connectivity index (χ3v) is 1.89. The highest BCUT2D eigenvalue weighted by atomic mass is 16.6. The lowest BCUT2D eigenvalue weighted by Crippen LogP contribution is -2.33. The maximum absolute atomic E-state index is 10.8. The monoisotopic (exact) mass is 218 g/mol. The van der Waals surface area contributed by atoms with Gasteiger partial charge in [-0.05, 0) is 13.8 Å². The van der Waals surface area contributed by atoms with Crippen molar-refractivity contribution in [2.75, 3.05) is 6.61 Å². The highest BCUT2D eigenvalue weighted by Crippen LogP contribution is 2.21. The standard InChI is InChI=1S/C9H14O6/c1-4(2)14-3-5(10)8-6(11)7(12)9(13)15-8/h4-5,8,10-12H,3H2,1-2H3/t5-,8+/m0/s1. The Bertz CT molecular complexity index is 282. The second kappa shape index (κ2) is 4.50. The Balaban J connectivity index is 2.55. The summed E-state index contributed by atoms with van der Waals surface area (Å²) < 4.78 is 9.62. The topological polar surface area (TPSA) is 96.2 Å². The Morgan fingerprint density at radius 3 is 2.47 bits per heavy atom. The Kier molecular flexibility index (Phi) is 3.54. The first-order valence-electron chi connectivity index (χ1n) is 4.56. The number of esters is 1. The van der Waals surface area contributed by atoms with Crippen LogP contribution in [0.3, 0.4) is 0 Å². The largest absolute Gasteiger partial charge is 0.505 e. The number of ether oxygens (including phenoxy) is 2. The van der Waals surface area contributed by atoms with Gasteiger partial charge in [0.25, 0.3) is 0 Å². The van der Waals surface area contributed by atoms with Crippen LogP contribution < -0.4 is 0 Å². The van der Waals surface area contributed by atoms with Crippen molar-refractivity contribution in [1.29, 1.82) is 0 Å². The van der Waals surface area contributed by atoms with Crippen LogP contribution in [-0.2, 0) is 14.3 Å². The lowest BCUT2D eigenvalue weighted by molar-refractivity contribution is -0.149. The molecule has 0 saturated heterocycles. The van der Waals surface area contributed by atoms with Crippen molar-refractivity contribution >= 4 is 5.97 Å². The number of carbonyl (C=O) groups excluding carboxylic acids is 1. The summed E-state index contributed by atoms with van der Waals surface area (Å²) in [7, 11) is 0. The van der Waals surface area contributed by atoms with Crippen molar-refractivity contribution < 1.29 is 29.6 Å². The molecule has 1 aliphatic heterocycles. The molecule has 0 spiro atoms. The van der Waals surface area contributed by atoms with Crippen LogP contribution in [-0.4, -0.2) is 46.2 Å². The maximum atomic E-state index is 10.8. The highest BCUT2D eigenvalue weighted by molar-refractivity contribution is 5.89. The first-order chi connectivity index (χ1) is 6.93. The lowest BCUT2D eigenvalue weighted by atomic mass is 10.2. The molecule has 0 amide bonds. The van der Waals surface area contributed by atoms with Gasteiger partial charge in [-0.1, -0.05) is 0 Å². The molecular formula is C9H14O6. The van der Waals surface area contributed by atoms with Crippen molar-refractivity contribution in [3.8, 4) is 0 Å². The fraction of sp³-hybridized carbons (Fsp3) is 0.667. The Hall–Kier alpha value is -1.27. The van der Waals surface area contributed by atoms with Gasteiger partial charge in [-0.25, -0.2) is 4.79 Å². The van der Waals surface area contributed by atoms with Crippen LogP contribution in [0.1, 0.15) is 13.8 Å². The highest BCUT2D eigenvalue weighted by Gasteiger charge is 2.39. The number of hydrogen-bond acceptors (Lipinski definition) is 6. The van der Waals surface area contributed by atoms with Gasteiger partial charge < -0.3 is 24.8 Å². The van der Waals surface area contributed by atoms with Crippen LogP contribution in [0.15, 0.2) is 11.5 Å². The summed E-state index contributed by atoms with van der Waals surface area (Å²) >= 11 is 0. The van der Waals surface area contributed by atoms with Gasteiger partial charge in [-0.3, -0.25) is 0 Å². The van der Waals surface area contributed by atoms with Crippen molar-refractivity contribution in [3.05, 3.63) is 11.5 Å². The van der Waals surface area contributed by atoms with Gasteiger partial charge in [0.2, 0.25) is 5.76 Å². The quantitative estimate of drug-likeness (QED) is 0.576. The predicted octanol–water partition coefficient (Wildman–Crippen LogP) is 0.0253. The Morgan fingerprint density at radius 2 is 2.07 bits per heavy atom. The zero-order valence-corrected chi connectivity index (χ0v) is 8.51. The van der Waals surface area contributed by atoms with Gasteiger partial charge in [0, 0.05) is 0 Å². The molecule has 15 heavy (non-hydrogen) atoms. The van der Waals surface area contributed by atoms with E-state index < -0.39 is 29.7 Å². The van der Waals surface area contributed by atoms with Crippen LogP contribution in [0.25, 0.3) is 0 Å². The SMILES string of the molecule is CC(C)OC[C@H](O)[C@H]1OC(=O)C(O)=C1O. The molecule has 6 nitrogen and oxygen atoms in total. The average Bonchev–Trinajstić information content (AvgIpc) is 2.42. The van der Waals surface area contributed by atoms with Crippen molar-refractivity contribution in [3.63, 3.8) is 0 Å². The van der Waals surface area contributed by atoms with Crippen LogP contribution in [0, 0.1) is 0 Å². The van der Waals surface area contributed by atoms with E-state index in [1.165, 1.54) is 0 Å². The number of rotatable bonds is 4. The molecule has 0 aromatic carbocycles. The van der Waals surface area contributed by atoms with Gasteiger partial charge in [0.15, 0.2) is 11.9 Å². The molecule has 2 atom stereocenters. The van der Waals surface area contributed by atoms with Crippen LogP contribution >= 0.6 is 0 Å². The molecule has 1 rings (SSSR count). The molecule has 0 radical (unpaired) electrons. The molecule has 1 heterocycles. The minimum absolute atomic E-state index is 0.0866. The molecule has 1 aliphatic rings. The zero-order valence-electron chi connectivity index (χ0n) is 8.51. The summed E-state index contributed by atoms with van der Waals surface area (Å²) in [6, 6.07) is 0. The smallest absolute Gasteiger partial charge is 0.377 e. The molecule has 0 aromatic heterocycles. The van der Waals surface area contributed by atoms with E-state index in [4.69, 9.17) is 9.84 Å². The minimum Gasteiger partial charge on any atom is -0.505 e. The summed E-state index contributed by atoms with van der Waals surface area (Å²) in [4.78, 5) is 10.8. The van der Waals surface area contributed by atoms with Gasteiger partial charge in [0.1, 0.15) is 6.10 Å². The van der Waals surface area contributed by atoms with Gasteiger partial charge in [-0.15, -0.1) is 0 Å². The molecule has 0 aromatic rings. The van der Waals surface area contributed by atoms with Gasteiger partial charge in [0.05, 0.1) is 12.7 Å². The number of aliphatic hydroxyl groups is 3. The summed E-state index contributed by atoms with van der Waals surface area (Å²) in [5.74, 6) is -2.55. The summed E-state index contributed by atoms with van der Waals surface area (Å²) in [6.07, 6.45) is -2.52. The summed E-state index contributed by atoms with van der Waals surface area (Å²) in [5, 5.41) is 27.7. The second-order valence-corrected chi connectivity index (χ2v) is 3.51. The van der Waals surface area contributed by atoms with Crippen molar-refractivity contribution in [1.82, 2.24) is 0 Å². The van der Waals surface area contributed by atoms with E-state index in [1.54, 1.807) is 13.8 Å². The third kappa shape index (κ3) is 2.60. The molecule has 0 aliphatic carbocycles. The summed E-state index contributed by atoms with van der Waals surface area (Å²) in [5.41, 5.74) is 0. The molecule has 3 N–H and O–H groups in total. The van der Waals surface area contributed by atoms with Crippen molar-refractivity contribution in [2.24, 2.45) is 0 Å². The van der Waals surface area contributed by atoms with E-state index in [9.17, 15) is 15.0 Å². The minimum atomic E-state index is -1.24. The van der Waals surface area contributed by atoms with E-state index in [0.717, 1.165) is 0 Å². The third-order valence-electron chi connectivity index (χ3n) is 1.89. The number of carbonyl (C=O) groups is 1. The Labute approximate surface area is 86.7 Å². The van der Waals surface area contributed by atoms with Crippen LogP contribution in [0.5, 0.6) is 0 Å². The van der Waals surface area contributed by atoms with E-state index in [2.05, 4.69) is 4.74 Å². The van der Waals surface area contributed by atoms with Gasteiger partial charge in [-0.2, -0.15) is 0 Å². The van der Waals surface area contributed by atoms with Crippen molar-refractivity contribution in [2.45, 2.75) is 32.2 Å². The molecule has 0 unspecified atom stereocenters. The number of aliphatic hydroxyl groups excluding tert-OH is 3. The predicted molar refractivity (Wildman–Crippen MR) is 49.3 cm³/mol. The van der Waals surface area contributed by atoms with E-state index in [-0.39, 0.29) is 12.7 Å². The second-order valence-electron chi connectivity index (χ2n) is 3.51. The van der Waals surface area contributed by atoms with E-state index in [1.807, 2.05) is 0 Å². The fourth-order valence-electron chi connectivity index (χ4n) is 1.11. The lowest BCUT2D eigenvalue weighted by Gasteiger charge is -2.18. The fourth-order valence-corrected chi connectivity index (χ4v) is 1.11. The maximum Gasteiger partial charge on any atom is 0.377 e. The van der Waals surface area contributed by atoms with E-state index in [0.29, 0.717) is 0 Å². The molecule has 0 bridgehead atoms. The normalized spacial score (nSPS) is 23.5. The number of cyclic esters (lactones) is 1. The van der Waals surface area contributed by atoms with Crippen LogP contribution in [0.2, 0.25) is 0 Å². The number of hydrogen-bond donors (Lipinski definition) is 3. The first kappa shape index (κ1) is 11.8. The molecule has 0 fully saturated rings. The summed E-state index contributed by atoms with van der Waals surface area (Å²) in [6.45, 7) is 3.47. The van der Waals surface area contributed by atoms with E-state index >= 15 is 0 Å². The zero-order chi connectivity index (χ0) is 11.6. The average molecular weight is 218 g/mol. The molecular weight excluding hydrogens is 204 g/mol. The molecule has 86 valence electrons. The molecule has 0 saturated carbocycles. The first-order valence-corrected chi connectivity index (χ1v) is 4.56. The molecule has 6 heteroatoms. The van der Waals surface area contributed by atoms with Gasteiger partial charge >= 0.3 is 5.97 Å². The Morgan fingerprint density at radius 1 is 1.47 bits per heavy atom. The van der Waals surface area contributed by atoms with Crippen LogP contribution in [0.4, 0.5) is 0 Å².